The number of aryl methyl sites for hydroxylation is 1. The Morgan fingerprint density at radius 1 is 0.886 bits per heavy atom. The Bertz CT molecular complexity index is 899. The number of benzene rings is 2. The van der Waals surface area contributed by atoms with Gasteiger partial charge in [0.1, 0.15) is 0 Å². The minimum absolute atomic E-state index is 0.0501. The second-order valence-corrected chi connectivity index (χ2v) is 8.88. The quantitative estimate of drug-likeness (QED) is 0.581. The summed E-state index contributed by atoms with van der Waals surface area (Å²) in [4.78, 5) is 27.2. The Morgan fingerprint density at radius 2 is 1.57 bits per heavy atom. The van der Waals surface area contributed by atoms with E-state index >= 15 is 0 Å². The van der Waals surface area contributed by atoms with Crippen LogP contribution in [0.25, 0.3) is 0 Å². The number of nitrogens with zero attached hydrogens (tertiary/aromatic N) is 1. The molecule has 192 valence electrons. The average molecular weight is 480 g/mol. The zero-order valence-electron chi connectivity index (χ0n) is 22.3. The van der Waals surface area contributed by atoms with Crippen LogP contribution in [-0.4, -0.2) is 48.4 Å². The highest BCUT2D eigenvalue weighted by molar-refractivity contribution is 5.79. The average Bonchev–Trinajstić information content (AvgIpc) is 3.33. The summed E-state index contributed by atoms with van der Waals surface area (Å²) in [5.41, 5.74) is 3.84. The smallest absolute Gasteiger partial charge is 0.234 e. The van der Waals surface area contributed by atoms with Crippen molar-refractivity contribution in [3.8, 4) is 0 Å². The number of fused-ring (bicyclic) bond motifs is 1. The molecule has 3 atom stereocenters. The van der Waals surface area contributed by atoms with Crippen molar-refractivity contribution in [3.05, 3.63) is 71.3 Å². The molecule has 2 aliphatic rings. The van der Waals surface area contributed by atoms with Crippen LogP contribution >= 0.6 is 0 Å². The summed E-state index contributed by atoms with van der Waals surface area (Å²) >= 11 is 0. The van der Waals surface area contributed by atoms with Crippen molar-refractivity contribution in [1.82, 2.24) is 15.5 Å². The minimum Gasteiger partial charge on any atom is -0.352 e. The first-order chi connectivity index (χ1) is 17.1. The molecule has 0 spiro atoms. The van der Waals surface area contributed by atoms with Crippen LogP contribution < -0.4 is 10.6 Å². The molecule has 2 aromatic rings. The normalized spacial score (nSPS) is 20.9. The van der Waals surface area contributed by atoms with Crippen molar-refractivity contribution >= 4 is 11.8 Å². The topological polar surface area (TPSA) is 61.4 Å². The van der Waals surface area contributed by atoms with Crippen molar-refractivity contribution in [2.24, 2.45) is 0 Å². The Labute approximate surface area is 212 Å². The maximum Gasteiger partial charge on any atom is 0.234 e. The predicted molar refractivity (Wildman–Crippen MR) is 146 cm³/mol. The molecule has 2 amide bonds. The van der Waals surface area contributed by atoms with Gasteiger partial charge >= 0.3 is 0 Å². The first-order valence-electron chi connectivity index (χ1n) is 13.5. The Balaban J connectivity index is 0.00000103. The number of rotatable bonds is 7. The van der Waals surface area contributed by atoms with Gasteiger partial charge < -0.3 is 10.6 Å². The summed E-state index contributed by atoms with van der Waals surface area (Å²) < 4.78 is 0. The lowest BCUT2D eigenvalue weighted by Gasteiger charge is -2.34. The number of hydrogen-bond donors (Lipinski definition) is 2. The van der Waals surface area contributed by atoms with E-state index in [-0.39, 0.29) is 23.9 Å². The van der Waals surface area contributed by atoms with Gasteiger partial charge in [-0.05, 0) is 42.4 Å². The molecule has 0 radical (unpaired) electrons. The van der Waals surface area contributed by atoms with Gasteiger partial charge in [-0.1, -0.05) is 89.2 Å². The van der Waals surface area contributed by atoms with E-state index in [9.17, 15) is 9.59 Å². The maximum atomic E-state index is 12.8. The number of carbonyl (C=O) groups excluding carboxylic acids is 2. The molecule has 3 unspecified atom stereocenters. The molecule has 4 rings (SSSR count). The van der Waals surface area contributed by atoms with Crippen LogP contribution in [0.1, 0.15) is 76.5 Å². The van der Waals surface area contributed by atoms with Gasteiger partial charge in [0.2, 0.25) is 11.8 Å². The maximum absolute atomic E-state index is 12.8. The highest BCUT2D eigenvalue weighted by Crippen LogP contribution is 2.34. The van der Waals surface area contributed by atoms with Gasteiger partial charge in [-0.3, -0.25) is 14.5 Å². The van der Waals surface area contributed by atoms with E-state index in [1.807, 2.05) is 58.0 Å². The summed E-state index contributed by atoms with van der Waals surface area (Å²) in [6.07, 6.45) is 4.35. The zero-order valence-corrected chi connectivity index (χ0v) is 22.3. The molecule has 1 saturated heterocycles. The largest absolute Gasteiger partial charge is 0.352 e. The molecule has 5 nitrogen and oxygen atoms in total. The number of amides is 2. The van der Waals surface area contributed by atoms with Gasteiger partial charge in [-0.2, -0.15) is 0 Å². The van der Waals surface area contributed by atoms with Crippen LogP contribution in [0.15, 0.2) is 54.6 Å². The monoisotopic (exact) mass is 479 g/mol. The van der Waals surface area contributed by atoms with Crippen molar-refractivity contribution < 1.29 is 9.59 Å². The summed E-state index contributed by atoms with van der Waals surface area (Å²) in [7, 11) is 0. The van der Waals surface area contributed by atoms with Crippen molar-refractivity contribution in [3.63, 3.8) is 0 Å². The zero-order chi connectivity index (χ0) is 25.6. The second-order valence-electron chi connectivity index (χ2n) is 8.88. The third-order valence-electron chi connectivity index (χ3n) is 6.66. The molecule has 2 aromatic carbocycles. The second kappa shape index (κ2) is 15.4. The number of carbonyl (C=O) groups is 2. The highest BCUT2D eigenvalue weighted by atomic mass is 16.2. The Kier molecular flexibility index (Phi) is 12.5. The van der Waals surface area contributed by atoms with Gasteiger partial charge in [-0.15, -0.1) is 0 Å². The number of hydrogen-bond acceptors (Lipinski definition) is 3. The van der Waals surface area contributed by atoms with E-state index in [1.54, 1.807) is 0 Å². The fourth-order valence-corrected chi connectivity index (χ4v) is 5.14. The van der Waals surface area contributed by atoms with Gasteiger partial charge in [0.25, 0.3) is 0 Å². The molecule has 1 aliphatic heterocycles. The van der Waals surface area contributed by atoms with Crippen LogP contribution in [0.4, 0.5) is 0 Å². The number of likely N-dealkylation sites (tertiary alicyclic amines) is 1. The van der Waals surface area contributed by atoms with E-state index in [0.717, 1.165) is 44.3 Å². The SMILES string of the molecule is CC.CC.CCC1c2ccccc2CCC1NC(=O)CN1CCC(NC(=O)Cc2ccccc2)C1. The van der Waals surface area contributed by atoms with E-state index < -0.39 is 0 Å². The van der Waals surface area contributed by atoms with Gasteiger partial charge in [-0.25, -0.2) is 0 Å². The Hall–Kier alpha value is -2.66. The van der Waals surface area contributed by atoms with Gasteiger partial charge in [0, 0.05) is 31.1 Å². The molecule has 1 heterocycles. The lowest BCUT2D eigenvalue weighted by Crippen LogP contribution is -2.46. The standard InChI is InChI=1S/C26H33N3O2.2C2H6/c1-2-22-23-11-7-6-10-20(23)12-13-24(22)28-26(31)18-29-15-14-21(17-29)27-25(30)16-19-8-4-3-5-9-19;2*1-2/h3-11,21-22,24H,2,12-18H2,1H3,(H,27,30)(H,28,31);2*1-2H3. The fourth-order valence-electron chi connectivity index (χ4n) is 5.14. The third-order valence-corrected chi connectivity index (χ3v) is 6.66. The first-order valence-corrected chi connectivity index (χ1v) is 13.5. The molecule has 0 bridgehead atoms. The minimum atomic E-state index is 0.0501. The lowest BCUT2D eigenvalue weighted by atomic mass is 9.78. The van der Waals surface area contributed by atoms with E-state index in [2.05, 4.69) is 46.7 Å². The molecule has 35 heavy (non-hydrogen) atoms. The summed E-state index contributed by atoms with van der Waals surface area (Å²) in [6.45, 7) is 12.2. The molecular formula is C30H45N3O2. The van der Waals surface area contributed by atoms with Gasteiger partial charge in [0.15, 0.2) is 0 Å². The summed E-state index contributed by atoms with van der Waals surface area (Å²) in [6, 6.07) is 18.8. The molecule has 5 heteroatoms. The van der Waals surface area contributed by atoms with Crippen molar-refractivity contribution in [2.45, 2.75) is 84.7 Å². The number of nitrogens with one attached hydrogen (secondary N) is 2. The van der Waals surface area contributed by atoms with Crippen LogP contribution in [0.3, 0.4) is 0 Å². The summed E-state index contributed by atoms with van der Waals surface area (Å²) in [5, 5.41) is 6.43. The lowest BCUT2D eigenvalue weighted by molar-refractivity contribution is -0.123. The molecule has 1 aliphatic carbocycles. The highest BCUT2D eigenvalue weighted by Gasteiger charge is 2.30. The molecule has 2 N–H and O–H groups in total. The molecule has 1 fully saturated rings. The first kappa shape index (κ1) is 28.6. The van der Waals surface area contributed by atoms with Crippen molar-refractivity contribution in [1.29, 1.82) is 0 Å². The van der Waals surface area contributed by atoms with E-state index in [0.29, 0.717) is 18.9 Å². The van der Waals surface area contributed by atoms with Crippen LogP contribution in [-0.2, 0) is 22.4 Å². The third kappa shape index (κ3) is 8.50. The van der Waals surface area contributed by atoms with Crippen LogP contribution in [0.2, 0.25) is 0 Å². The molecular weight excluding hydrogens is 434 g/mol. The Morgan fingerprint density at radius 3 is 2.29 bits per heavy atom. The van der Waals surface area contributed by atoms with Crippen LogP contribution in [0, 0.1) is 0 Å². The van der Waals surface area contributed by atoms with Gasteiger partial charge in [0.05, 0.1) is 13.0 Å². The predicted octanol–water partition coefficient (Wildman–Crippen LogP) is 5.10. The van der Waals surface area contributed by atoms with Crippen LogP contribution in [0.5, 0.6) is 0 Å². The fraction of sp³-hybridized carbons (Fsp3) is 0.533. The molecule has 0 saturated carbocycles. The molecule has 0 aromatic heterocycles. The van der Waals surface area contributed by atoms with E-state index in [4.69, 9.17) is 0 Å². The van der Waals surface area contributed by atoms with Crippen molar-refractivity contribution in [2.75, 3.05) is 19.6 Å². The summed E-state index contributed by atoms with van der Waals surface area (Å²) in [5.74, 6) is 0.533. The van der Waals surface area contributed by atoms with E-state index in [1.165, 1.54) is 11.1 Å².